The summed E-state index contributed by atoms with van der Waals surface area (Å²) in [5.41, 5.74) is 0. The van der Waals surface area contributed by atoms with Crippen molar-refractivity contribution in [2.24, 2.45) is 0 Å². The summed E-state index contributed by atoms with van der Waals surface area (Å²) in [6.07, 6.45) is 61.0. The molecule has 0 radical (unpaired) electrons. The number of carbonyl (C=O) groups excluding carboxylic acids is 2. The standard InChI is InChI=1S/C60H113N2O7P/c1-7-10-13-16-19-22-25-28-30-31-33-35-38-41-44-47-50-53-60(64)69-58(51-48-45-42-39-36-27-24-21-18-15-12-9-3)57(56-68-70(65,66)67-55-54-62(4,5)6)61-59(63)52-49-46-43-40-37-34-32-29-26-23-20-17-14-11-8-2/h20,23,26,28-30,48,51,57-58H,7-19,21-22,24-25,27,31-47,49-50,52-56H2,1-6H3,(H-,61,63,65,66)/p+1/b23-20+,29-26+,30-28+,51-48+. The highest BCUT2D eigenvalue weighted by atomic mass is 31.2. The first kappa shape index (κ1) is 68.0. The van der Waals surface area contributed by atoms with Crippen molar-refractivity contribution in [3.8, 4) is 0 Å². The van der Waals surface area contributed by atoms with Crippen LogP contribution in [0, 0.1) is 0 Å². The van der Waals surface area contributed by atoms with Crippen molar-refractivity contribution in [3.63, 3.8) is 0 Å². The molecule has 0 saturated carbocycles. The number of unbranched alkanes of at least 4 members (excludes halogenated alkanes) is 32. The fraction of sp³-hybridized carbons (Fsp3) is 0.833. The Morgan fingerprint density at radius 1 is 0.500 bits per heavy atom. The van der Waals surface area contributed by atoms with Gasteiger partial charge < -0.3 is 19.4 Å². The van der Waals surface area contributed by atoms with Crippen molar-refractivity contribution in [3.05, 3.63) is 48.6 Å². The molecule has 70 heavy (non-hydrogen) atoms. The zero-order chi connectivity index (χ0) is 51.5. The van der Waals surface area contributed by atoms with E-state index in [2.05, 4.69) is 62.5 Å². The SMILES string of the molecule is CCCCC/C=C/C=C/CCCCCCCCC(=O)NC(COP(=O)(O)OCC[N+](C)(C)C)C(/C=C/CCCCCCCCCCCC)OC(=O)CCCCCCCCC/C=C/CCCCCCCC. The maximum Gasteiger partial charge on any atom is 0.472 e. The Kier molecular flexibility index (Phi) is 49.0. The third-order valence-corrected chi connectivity index (χ3v) is 14.0. The van der Waals surface area contributed by atoms with Gasteiger partial charge in [-0.25, -0.2) is 4.57 Å². The molecule has 0 aliphatic rings. The van der Waals surface area contributed by atoms with E-state index < -0.39 is 20.0 Å². The molecule has 10 heteroatoms. The van der Waals surface area contributed by atoms with Gasteiger partial charge in [0.15, 0.2) is 0 Å². The average Bonchev–Trinajstić information content (AvgIpc) is 3.32. The highest BCUT2D eigenvalue weighted by Crippen LogP contribution is 2.43. The van der Waals surface area contributed by atoms with Crippen LogP contribution >= 0.6 is 7.82 Å². The number of ether oxygens (including phenoxy) is 1. The van der Waals surface area contributed by atoms with Crippen LogP contribution in [0.3, 0.4) is 0 Å². The van der Waals surface area contributed by atoms with E-state index in [1.807, 2.05) is 33.3 Å². The van der Waals surface area contributed by atoms with E-state index in [4.69, 9.17) is 13.8 Å². The molecule has 0 spiro atoms. The molecule has 0 aromatic rings. The Labute approximate surface area is 433 Å². The van der Waals surface area contributed by atoms with Crippen LogP contribution in [0.4, 0.5) is 0 Å². The minimum Gasteiger partial charge on any atom is -0.456 e. The molecule has 3 atom stereocenters. The predicted octanol–water partition coefficient (Wildman–Crippen LogP) is 17.7. The van der Waals surface area contributed by atoms with Gasteiger partial charge in [0.1, 0.15) is 19.3 Å². The van der Waals surface area contributed by atoms with Gasteiger partial charge >= 0.3 is 13.8 Å². The van der Waals surface area contributed by atoms with E-state index >= 15 is 0 Å². The second-order valence-corrected chi connectivity index (χ2v) is 22.6. The fourth-order valence-electron chi connectivity index (χ4n) is 8.40. The summed E-state index contributed by atoms with van der Waals surface area (Å²) in [7, 11) is 1.49. The molecule has 0 aliphatic heterocycles. The number of carbonyl (C=O) groups is 2. The lowest BCUT2D eigenvalue weighted by Gasteiger charge is -2.27. The minimum absolute atomic E-state index is 0.0371. The van der Waals surface area contributed by atoms with Crippen LogP contribution in [0.15, 0.2) is 48.6 Å². The molecule has 0 aromatic heterocycles. The molecule has 0 rings (SSSR count). The summed E-state index contributed by atoms with van der Waals surface area (Å²) in [6.45, 7) is 6.97. The summed E-state index contributed by atoms with van der Waals surface area (Å²) >= 11 is 0. The van der Waals surface area contributed by atoms with Crippen LogP contribution in [0.5, 0.6) is 0 Å². The molecule has 0 fully saturated rings. The first-order chi connectivity index (χ1) is 33.9. The van der Waals surface area contributed by atoms with Crippen molar-refractivity contribution in [2.75, 3.05) is 40.9 Å². The van der Waals surface area contributed by atoms with Crippen LogP contribution in [0.2, 0.25) is 0 Å². The Morgan fingerprint density at radius 2 is 0.871 bits per heavy atom. The molecule has 410 valence electrons. The molecule has 0 bridgehead atoms. The first-order valence-electron chi connectivity index (χ1n) is 29.5. The van der Waals surface area contributed by atoms with E-state index in [-0.39, 0.29) is 31.5 Å². The van der Waals surface area contributed by atoms with Crippen LogP contribution in [0.25, 0.3) is 0 Å². The van der Waals surface area contributed by atoms with Crippen LogP contribution in [0.1, 0.15) is 271 Å². The highest BCUT2D eigenvalue weighted by Gasteiger charge is 2.30. The second-order valence-electron chi connectivity index (χ2n) is 21.2. The third-order valence-electron chi connectivity index (χ3n) is 13.0. The topological polar surface area (TPSA) is 111 Å². The van der Waals surface area contributed by atoms with Crippen LogP contribution in [-0.2, 0) is 27.9 Å². The molecule has 0 saturated heterocycles. The Morgan fingerprint density at radius 3 is 1.33 bits per heavy atom. The normalized spacial score (nSPS) is 14.1. The summed E-state index contributed by atoms with van der Waals surface area (Å²) in [5.74, 6) is -0.519. The van der Waals surface area contributed by atoms with E-state index in [0.717, 1.165) is 77.0 Å². The number of likely N-dealkylation sites (N-methyl/N-ethyl adjacent to an activating group) is 1. The molecular formula is C60H114N2O7P+. The van der Waals surface area contributed by atoms with Crippen molar-refractivity contribution < 1.29 is 37.3 Å². The minimum atomic E-state index is -4.45. The lowest BCUT2D eigenvalue weighted by atomic mass is 10.0. The maximum absolute atomic E-state index is 13.5. The van der Waals surface area contributed by atoms with Gasteiger partial charge in [0.2, 0.25) is 5.91 Å². The molecule has 2 N–H and O–H groups in total. The molecule has 0 aromatic carbocycles. The number of esters is 1. The number of amides is 1. The van der Waals surface area contributed by atoms with Crippen molar-refractivity contribution in [1.82, 2.24) is 5.32 Å². The molecule has 9 nitrogen and oxygen atoms in total. The van der Waals surface area contributed by atoms with E-state index in [1.54, 1.807) is 0 Å². The summed E-state index contributed by atoms with van der Waals surface area (Å²) in [4.78, 5) is 37.6. The number of hydrogen-bond donors (Lipinski definition) is 2. The summed E-state index contributed by atoms with van der Waals surface area (Å²) in [5, 5.41) is 3.04. The van der Waals surface area contributed by atoms with Gasteiger partial charge in [0.25, 0.3) is 0 Å². The third kappa shape index (κ3) is 50.9. The average molecular weight is 1010 g/mol. The molecular weight excluding hydrogens is 892 g/mol. The van der Waals surface area contributed by atoms with Gasteiger partial charge in [0, 0.05) is 12.8 Å². The maximum atomic E-state index is 13.5. The van der Waals surface area contributed by atoms with Gasteiger partial charge in [-0.3, -0.25) is 18.6 Å². The van der Waals surface area contributed by atoms with E-state index in [1.165, 1.54) is 161 Å². The summed E-state index contributed by atoms with van der Waals surface area (Å²) < 4.78 is 30.6. The smallest absolute Gasteiger partial charge is 0.456 e. The predicted molar refractivity (Wildman–Crippen MR) is 300 cm³/mol. The Hall–Kier alpha value is -2.03. The quantitative estimate of drug-likeness (QED) is 0.0156. The molecule has 1 amide bonds. The van der Waals surface area contributed by atoms with Crippen LogP contribution < -0.4 is 5.32 Å². The summed E-state index contributed by atoms with van der Waals surface area (Å²) in [6, 6.07) is -0.854. The number of allylic oxidation sites excluding steroid dienone is 7. The highest BCUT2D eigenvalue weighted by molar-refractivity contribution is 7.47. The lowest BCUT2D eigenvalue weighted by molar-refractivity contribution is -0.870. The number of quaternary nitrogens is 1. The van der Waals surface area contributed by atoms with E-state index in [0.29, 0.717) is 17.4 Å². The largest absolute Gasteiger partial charge is 0.472 e. The van der Waals surface area contributed by atoms with Crippen molar-refractivity contribution in [1.29, 1.82) is 0 Å². The monoisotopic (exact) mass is 1010 g/mol. The molecule has 0 aliphatic carbocycles. The Bertz CT molecular complexity index is 1340. The zero-order valence-corrected chi connectivity index (χ0v) is 47.7. The van der Waals surface area contributed by atoms with Gasteiger partial charge in [-0.05, 0) is 83.1 Å². The lowest BCUT2D eigenvalue weighted by Crippen LogP contribution is -2.47. The number of phosphoric acid groups is 1. The number of nitrogens with zero attached hydrogens (tertiary/aromatic N) is 1. The number of rotatable bonds is 53. The van der Waals surface area contributed by atoms with Gasteiger partial charge in [-0.2, -0.15) is 0 Å². The molecule has 3 unspecified atom stereocenters. The second kappa shape index (κ2) is 50.5. The number of phosphoric ester groups is 1. The van der Waals surface area contributed by atoms with Crippen molar-refractivity contribution in [2.45, 2.75) is 283 Å². The van der Waals surface area contributed by atoms with Gasteiger partial charge in [0.05, 0.1) is 33.8 Å². The first-order valence-corrected chi connectivity index (χ1v) is 31.0. The molecule has 0 heterocycles. The van der Waals surface area contributed by atoms with Crippen LogP contribution in [-0.4, -0.2) is 74.3 Å². The number of nitrogens with one attached hydrogen (secondary N) is 1. The van der Waals surface area contributed by atoms with E-state index in [9.17, 15) is 19.0 Å². The Balaban J connectivity index is 5.34. The van der Waals surface area contributed by atoms with Crippen molar-refractivity contribution >= 4 is 19.7 Å². The van der Waals surface area contributed by atoms with Gasteiger partial charge in [-0.1, -0.05) is 224 Å². The van der Waals surface area contributed by atoms with Gasteiger partial charge in [-0.15, -0.1) is 0 Å². The number of hydrogen-bond acceptors (Lipinski definition) is 6. The zero-order valence-electron chi connectivity index (χ0n) is 46.8. The fourth-order valence-corrected chi connectivity index (χ4v) is 9.13.